The lowest BCUT2D eigenvalue weighted by molar-refractivity contribution is 0.0690. The molecule has 0 unspecified atom stereocenters. The molecule has 1 heterocycles. The molecule has 2 rings (SSSR count). The summed E-state index contributed by atoms with van der Waals surface area (Å²) < 4.78 is 5.31. The van der Waals surface area contributed by atoms with E-state index in [-0.39, 0.29) is 5.69 Å². The molecule has 0 aliphatic rings. The monoisotopic (exact) mass is 275 g/mol. The molecule has 6 nitrogen and oxygen atoms in total. The summed E-state index contributed by atoms with van der Waals surface area (Å²) in [5.74, 6) is -0.372. The SMILES string of the molecule is COc1ccc(CN(C)C)cc1-c1cc(C(=O)O)[nH]n1. The zero-order valence-electron chi connectivity index (χ0n) is 11.7. The van der Waals surface area contributed by atoms with Crippen LogP contribution in [0.2, 0.25) is 0 Å². The first kappa shape index (κ1) is 14.1. The Morgan fingerprint density at radius 2 is 2.15 bits per heavy atom. The number of aromatic amines is 1. The van der Waals surface area contributed by atoms with Gasteiger partial charge in [0, 0.05) is 12.1 Å². The number of nitrogens with one attached hydrogen (secondary N) is 1. The number of rotatable bonds is 5. The first-order valence-corrected chi connectivity index (χ1v) is 6.12. The summed E-state index contributed by atoms with van der Waals surface area (Å²) in [6, 6.07) is 7.30. The summed E-state index contributed by atoms with van der Waals surface area (Å²) in [5, 5.41) is 15.5. The maximum absolute atomic E-state index is 10.9. The minimum absolute atomic E-state index is 0.0556. The predicted octanol–water partition coefficient (Wildman–Crippen LogP) is 1.85. The molecular weight excluding hydrogens is 258 g/mol. The highest BCUT2D eigenvalue weighted by atomic mass is 16.5. The van der Waals surface area contributed by atoms with Gasteiger partial charge < -0.3 is 14.7 Å². The average Bonchev–Trinajstić information content (AvgIpc) is 2.87. The van der Waals surface area contributed by atoms with Crippen LogP contribution in [0, 0.1) is 0 Å². The molecule has 0 saturated heterocycles. The van der Waals surface area contributed by atoms with E-state index in [9.17, 15) is 4.79 Å². The second-order valence-corrected chi connectivity index (χ2v) is 4.74. The van der Waals surface area contributed by atoms with Gasteiger partial charge in [0.2, 0.25) is 0 Å². The molecule has 0 bridgehead atoms. The summed E-state index contributed by atoms with van der Waals surface area (Å²) >= 11 is 0. The van der Waals surface area contributed by atoms with Gasteiger partial charge in [-0.05, 0) is 37.9 Å². The van der Waals surface area contributed by atoms with Crippen LogP contribution in [0.3, 0.4) is 0 Å². The number of hydrogen-bond donors (Lipinski definition) is 2. The number of carbonyl (C=O) groups is 1. The third kappa shape index (κ3) is 2.97. The van der Waals surface area contributed by atoms with Crippen molar-refractivity contribution in [1.29, 1.82) is 0 Å². The van der Waals surface area contributed by atoms with Gasteiger partial charge in [0.15, 0.2) is 0 Å². The Kier molecular flexibility index (Phi) is 4.05. The van der Waals surface area contributed by atoms with E-state index in [0.29, 0.717) is 11.4 Å². The Balaban J connectivity index is 2.43. The fourth-order valence-corrected chi connectivity index (χ4v) is 1.99. The Morgan fingerprint density at radius 3 is 2.70 bits per heavy atom. The average molecular weight is 275 g/mol. The predicted molar refractivity (Wildman–Crippen MR) is 74.9 cm³/mol. The van der Waals surface area contributed by atoms with Crippen LogP contribution in [0.5, 0.6) is 5.75 Å². The van der Waals surface area contributed by atoms with E-state index >= 15 is 0 Å². The highest BCUT2D eigenvalue weighted by molar-refractivity contribution is 5.87. The molecule has 0 radical (unpaired) electrons. The minimum Gasteiger partial charge on any atom is -0.496 e. The number of ether oxygens (including phenoxy) is 1. The van der Waals surface area contributed by atoms with Crippen molar-refractivity contribution in [2.24, 2.45) is 0 Å². The number of hydrogen-bond acceptors (Lipinski definition) is 4. The van der Waals surface area contributed by atoms with Crippen LogP contribution >= 0.6 is 0 Å². The van der Waals surface area contributed by atoms with Crippen molar-refractivity contribution in [1.82, 2.24) is 15.1 Å². The largest absolute Gasteiger partial charge is 0.496 e. The van der Waals surface area contributed by atoms with E-state index in [4.69, 9.17) is 9.84 Å². The van der Waals surface area contributed by atoms with Crippen LogP contribution in [-0.2, 0) is 6.54 Å². The number of carboxylic acids is 1. The summed E-state index contributed by atoms with van der Waals surface area (Å²) in [4.78, 5) is 13.0. The van der Waals surface area contributed by atoms with Gasteiger partial charge in [0.1, 0.15) is 11.4 Å². The summed E-state index contributed by atoms with van der Waals surface area (Å²) in [5.41, 5.74) is 2.49. The Labute approximate surface area is 117 Å². The standard InChI is InChI=1S/C14H17N3O3/c1-17(2)8-9-4-5-13(20-3)10(6-9)11-7-12(14(18)19)16-15-11/h4-7H,8H2,1-3H3,(H,15,16)(H,18,19). The minimum atomic E-state index is -1.04. The number of aromatic carboxylic acids is 1. The van der Waals surface area contributed by atoms with E-state index in [1.54, 1.807) is 7.11 Å². The lowest BCUT2D eigenvalue weighted by Crippen LogP contribution is -2.10. The molecular formula is C14H17N3O3. The molecule has 0 saturated carbocycles. The van der Waals surface area contributed by atoms with Crippen LogP contribution < -0.4 is 4.74 Å². The first-order chi connectivity index (χ1) is 9.51. The molecule has 0 fully saturated rings. The number of methoxy groups -OCH3 is 1. The van der Waals surface area contributed by atoms with Crippen molar-refractivity contribution in [2.75, 3.05) is 21.2 Å². The molecule has 6 heteroatoms. The van der Waals surface area contributed by atoms with Crippen LogP contribution in [0.15, 0.2) is 24.3 Å². The highest BCUT2D eigenvalue weighted by Crippen LogP contribution is 2.30. The fourth-order valence-electron chi connectivity index (χ4n) is 1.99. The molecule has 2 N–H and O–H groups in total. The normalized spacial score (nSPS) is 10.8. The Bertz CT molecular complexity index is 620. The van der Waals surface area contributed by atoms with Crippen LogP contribution in [0.25, 0.3) is 11.3 Å². The highest BCUT2D eigenvalue weighted by Gasteiger charge is 2.13. The van der Waals surface area contributed by atoms with Crippen LogP contribution in [0.1, 0.15) is 16.1 Å². The van der Waals surface area contributed by atoms with E-state index in [1.807, 2.05) is 32.3 Å². The zero-order valence-corrected chi connectivity index (χ0v) is 11.7. The molecule has 0 atom stereocenters. The van der Waals surface area contributed by atoms with Crippen LogP contribution in [-0.4, -0.2) is 47.4 Å². The third-order valence-corrected chi connectivity index (χ3v) is 2.85. The number of aromatic nitrogens is 2. The smallest absolute Gasteiger partial charge is 0.353 e. The first-order valence-electron chi connectivity index (χ1n) is 6.12. The lowest BCUT2D eigenvalue weighted by atomic mass is 10.1. The topological polar surface area (TPSA) is 78.5 Å². The molecule has 1 aromatic carbocycles. The number of nitrogens with zero attached hydrogens (tertiary/aromatic N) is 2. The van der Waals surface area contributed by atoms with Crippen molar-refractivity contribution >= 4 is 5.97 Å². The number of H-pyrrole nitrogens is 1. The molecule has 106 valence electrons. The van der Waals surface area contributed by atoms with E-state index in [1.165, 1.54) is 6.07 Å². The molecule has 0 spiro atoms. The lowest BCUT2D eigenvalue weighted by Gasteiger charge is -2.12. The number of benzene rings is 1. The number of carboxylic acid groups (broad SMARTS) is 1. The Hall–Kier alpha value is -2.34. The molecule has 0 aliphatic heterocycles. The zero-order chi connectivity index (χ0) is 14.7. The van der Waals surface area contributed by atoms with Gasteiger partial charge in [-0.25, -0.2) is 4.79 Å². The third-order valence-electron chi connectivity index (χ3n) is 2.85. The maximum atomic E-state index is 10.9. The van der Waals surface area contributed by atoms with Gasteiger partial charge in [-0.3, -0.25) is 5.10 Å². The van der Waals surface area contributed by atoms with Gasteiger partial charge in [0.05, 0.1) is 12.8 Å². The molecule has 0 aliphatic carbocycles. The van der Waals surface area contributed by atoms with Gasteiger partial charge >= 0.3 is 5.97 Å². The molecule has 0 amide bonds. The summed E-state index contributed by atoms with van der Waals surface area (Å²) in [6.07, 6.45) is 0. The summed E-state index contributed by atoms with van der Waals surface area (Å²) in [6.45, 7) is 0.785. The summed E-state index contributed by atoms with van der Waals surface area (Å²) in [7, 11) is 5.55. The van der Waals surface area contributed by atoms with Gasteiger partial charge in [-0.1, -0.05) is 6.07 Å². The maximum Gasteiger partial charge on any atom is 0.353 e. The fraction of sp³-hybridized carbons (Fsp3) is 0.286. The van der Waals surface area contributed by atoms with E-state index < -0.39 is 5.97 Å². The molecule has 1 aromatic heterocycles. The van der Waals surface area contributed by atoms with Crippen LogP contribution in [0.4, 0.5) is 0 Å². The molecule has 2 aromatic rings. The van der Waals surface area contributed by atoms with Gasteiger partial charge in [-0.2, -0.15) is 5.10 Å². The van der Waals surface area contributed by atoms with Crippen molar-refractivity contribution < 1.29 is 14.6 Å². The van der Waals surface area contributed by atoms with Gasteiger partial charge in [0.25, 0.3) is 0 Å². The van der Waals surface area contributed by atoms with E-state index in [0.717, 1.165) is 17.7 Å². The second kappa shape index (κ2) is 5.75. The van der Waals surface area contributed by atoms with Crippen molar-refractivity contribution in [2.45, 2.75) is 6.54 Å². The van der Waals surface area contributed by atoms with Gasteiger partial charge in [-0.15, -0.1) is 0 Å². The van der Waals surface area contributed by atoms with E-state index in [2.05, 4.69) is 15.1 Å². The van der Waals surface area contributed by atoms with Crippen molar-refractivity contribution in [3.05, 3.63) is 35.5 Å². The van der Waals surface area contributed by atoms with Crippen molar-refractivity contribution in [3.63, 3.8) is 0 Å². The second-order valence-electron chi connectivity index (χ2n) is 4.74. The van der Waals surface area contributed by atoms with Crippen molar-refractivity contribution in [3.8, 4) is 17.0 Å². The Morgan fingerprint density at radius 1 is 1.40 bits per heavy atom. The molecule has 20 heavy (non-hydrogen) atoms. The quantitative estimate of drug-likeness (QED) is 0.870.